The molecule has 3 heteroatoms. The Kier molecular flexibility index (Phi) is 6.41. The average molecular weight is 253 g/mol. The predicted octanol–water partition coefficient (Wildman–Crippen LogP) is 3.43. The Morgan fingerprint density at radius 1 is 1.41 bits per heavy atom. The zero-order valence-corrected chi connectivity index (χ0v) is 10.7. The molecule has 0 amide bonds. The van der Waals surface area contributed by atoms with E-state index in [1.807, 2.05) is 30.3 Å². The summed E-state index contributed by atoms with van der Waals surface area (Å²) in [5.74, 6) is 0.449. The van der Waals surface area contributed by atoms with Crippen LogP contribution in [0.15, 0.2) is 30.3 Å². The van der Waals surface area contributed by atoms with Crippen molar-refractivity contribution in [1.82, 2.24) is 0 Å². The van der Waals surface area contributed by atoms with Gasteiger partial charge in [-0.25, -0.2) is 0 Å². The lowest BCUT2D eigenvalue weighted by molar-refractivity contribution is -0.140. The van der Waals surface area contributed by atoms with Crippen LogP contribution in [0.3, 0.4) is 0 Å². The lowest BCUT2D eigenvalue weighted by Crippen LogP contribution is -2.02. The number of rotatable bonds is 6. The monoisotopic (exact) mass is 252 g/mol. The van der Waals surface area contributed by atoms with Crippen LogP contribution in [0, 0.1) is 0 Å². The highest BCUT2D eigenvalue weighted by Gasteiger charge is 2.03. The number of methoxy groups -OCH3 is 1. The molecule has 2 nitrogen and oxygen atoms in total. The molecule has 92 valence electrons. The third-order valence-corrected chi connectivity index (χ3v) is 2.67. The van der Waals surface area contributed by atoms with Crippen LogP contribution >= 0.6 is 11.6 Å². The quantitative estimate of drug-likeness (QED) is 0.573. The van der Waals surface area contributed by atoms with Crippen molar-refractivity contribution in [2.75, 3.05) is 13.0 Å². The molecular weight excluding hydrogens is 236 g/mol. The molecule has 0 bridgehead atoms. The van der Waals surface area contributed by atoms with Crippen LogP contribution in [0.5, 0.6) is 0 Å². The molecule has 0 N–H and O–H groups in total. The first kappa shape index (κ1) is 13.8. The van der Waals surface area contributed by atoms with Crippen LogP contribution in [-0.4, -0.2) is 19.0 Å². The maximum atomic E-state index is 11.1. The van der Waals surface area contributed by atoms with E-state index in [9.17, 15) is 4.79 Å². The number of carbonyl (C=O) groups is 1. The third-order valence-electron chi connectivity index (χ3n) is 2.45. The number of benzene rings is 1. The molecule has 0 aromatic heterocycles. The molecule has 0 radical (unpaired) electrons. The van der Waals surface area contributed by atoms with E-state index in [1.54, 1.807) is 0 Å². The van der Waals surface area contributed by atoms with Crippen molar-refractivity contribution in [2.45, 2.75) is 19.3 Å². The fourth-order valence-electron chi connectivity index (χ4n) is 1.54. The largest absolute Gasteiger partial charge is 0.469 e. The topological polar surface area (TPSA) is 26.3 Å². The summed E-state index contributed by atoms with van der Waals surface area (Å²) >= 11 is 5.62. The van der Waals surface area contributed by atoms with Gasteiger partial charge in [-0.2, -0.15) is 0 Å². The first-order valence-corrected chi connectivity index (χ1v) is 6.18. The fraction of sp³-hybridized carbons (Fsp3) is 0.357. The zero-order chi connectivity index (χ0) is 12.5. The lowest BCUT2D eigenvalue weighted by Gasteiger charge is -2.05. The Balaban J connectivity index is 2.67. The van der Waals surface area contributed by atoms with Gasteiger partial charge >= 0.3 is 5.97 Å². The first-order valence-electron chi connectivity index (χ1n) is 5.65. The Labute approximate surface area is 107 Å². The number of ether oxygens (including phenoxy) is 1. The Hall–Kier alpha value is -1.28. The van der Waals surface area contributed by atoms with E-state index in [4.69, 9.17) is 11.6 Å². The SMILES string of the molecule is COC(=O)CCc1ccccc1C=CCCCl. The highest BCUT2D eigenvalue weighted by molar-refractivity contribution is 6.17. The van der Waals surface area contributed by atoms with Crippen molar-refractivity contribution in [3.05, 3.63) is 41.5 Å². The molecule has 0 spiro atoms. The average Bonchev–Trinajstić information content (AvgIpc) is 2.37. The van der Waals surface area contributed by atoms with E-state index in [-0.39, 0.29) is 5.97 Å². The minimum absolute atomic E-state index is 0.176. The van der Waals surface area contributed by atoms with Gasteiger partial charge in [-0.3, -0.25) is 4.79 Å². The van der Waals surface area contributed by atoms with Crippen LogP contribution in [0.4, 0.5) is 0 Å². The van der Waals surface area contributed by atoms with Gasteiger partial charge < -0.3 is 4.74 Å². The van der Waals surface area contributed by atoms with Gasteiger partial charge in [-0.05, 0) is 24.0 Å². The number of hydrogen-bond donors (Lipinski definition) is 0. The number of carbonyl (C=O) groups excluding carboxylic acids is 1. The van der Waals surface area contributed by atoms with Crippen LogP contribution < -0.4 is 0 Å². The predicted molar refractivity (Wildman–Crippen MR) is 71.2 cm³/mol. The van der Waals surface area contributed by atoms with Crippen molar-refractivity contribution in [3.63, 3.8) is 0 Å². The molecule has 1 aromatic carbocycles. The molecule has 1 aromatic rings. The summed E-state index contributed by atoms with van der Waals surface area (Å²) in [6.07, 6.45) is 6.07. The normalized spacial score (nSPS) is 10.7. The summed E-state index contributed by atoms with van der Waals surface area (Å²) < 4.78 is 4.64. The van der Waals surface area contributed by atoms with E-state index >= 15 is 0 Å². The number of allylic oxidation sites excluding steroid dienone is 1. The summed E-state index contributed by atoms with van der Waals surface area (Å²) in [5.41, 5.74) is 2.30. The maximum Gasteiger partial charge on any atom is 0.305 e. The van der Waals surface area contributed by atoms with Gasteiger partial charge in [0, 0.05) is 12.3 Å². The van der Waals surface area contributed by atoms with E-state index in [0.717, 1.165) is 17.5 Å². The summed E-state index contributed by atoms with van der Waals surface area (Å²) in [7, 11) is 1.41. The molecule has 1 rings (SSSR count). The zero-order valence-electron chi connectivity index (χ0n) is 9.99. The van der Waals surface area contributed by atoms with Gasteiger partial charge in [-0.15, -0.1) is 11.6 Å². The highest BCUT2D eigenvalue weighted by Crippen LogP contribution is 2.13. The lowest BCUT2D eigenvalue weighted by atomic mass is 10.0. The Bertz CT molecular complexity index is 386. The second-order valence-electron chi connectivity index (χ2n) is 3.65. The fourth-order valence-corrected chi connectivity index (χ4v) is 1.66. The minimum atomic E-state index is -0.176. The Morgan fingerprint density at radius 3 is 2.88 bits per heavy atom. The van der Waals surface area contributed by atoms with Gasteiger partial charge in [-0.1, -0.05) is 36.4 Å². The van der Waals surface area contributed by atoms with E-state index in [1.165, 1.54) is 7.11 Å². The Morgan fingerprint density at radius 2 is 2.18 bits per heavy atom. The number of alkyl halides is 1. The van der Waals surface area contributed by atoms with Gasteiger partial charge in [0.05, 0.1) is 7.11 Å². The van der Waals surface area contributed by atoms with Crippen LogP contribution in [0.25, 0.3) is 6.08 Å². The molecule has 0 aliphatic rings. The summed E-state index contributed by atoms with van der Waals surface area (Å²) in [6.45, 7) is 0. The number of aryl methyl sites for hydroxylation is 1. The second kappa shape index (κ2) is 7.91. The van der Waals surface area contributed by atoms with Crippen molar-refractivity contribution >= 4 is 23.6 Å². The molecule has 0 unspecified atom stereocenters. The molecule has 0 heterocycles. The van der Waals surface area contributed by atoms with Gasteiger partial charge in [0.15, 0.2) is 0 Å². The van der Waals surface area contributed by atoms with Gasteiger partial charge in [0.1, 0.15) is 0 Å². The maximum absolute atomic E-state index is 11.1. The number of esters is 1. The number of hydrogen-bond acceptors (Lipinski definition) is 2. The standard InChI is InChI=1S/C14H17ClO2/c1-17-14(16)10-9-13-7-3-2-6-12(13)8-4-5-11-15/h2-4,6-8H,5,9-11H2,1H3. The van der Waals surface area contributed by atoms with Crippen LogP contribution in [-0.2, 0) is 16.0 Å². The molecule has 0 aliphatic carbocycles. The highest BCUT2D eigenvalue weighted by atomic mass is 35.5. The van der Waals surface area contributed by atoms with E-state index in [2.05, 4.69) is 10.8 Å². The third kappa shape index (κ3) is 5.05. The van der Waals surface area contributed by atoms with Crippen LogP contribution in [0.2, 0.25) is 0 Å². The molecule has 0 fully saturated rings. The molecule has 0 saturated heterocycles. The van der Waals surface area contributed by atoms with Crippen molar-refractivity contribution < 1.29 is 9.53 Å². The molecule has 17 heavy (non-hydrogen) atoms. The van der Waals surface area contributed by atoms with Crippen LogP contribution in [0.1, 0.15) is 24.0 Å². The summed E-state index contributed by atoms with van der Waals surface area (Å²) in [6, 6.07) is 8.04. The van der Waals surface area contributed by atoms with Crippen molar-refractivity contribution in [3.8, 4) is 0 Å². The molecule has 0 atom stereocenters. The summed E-state index contributed by atoms with van der Waals surface area (Å²) in [4.78, 5) is 11.1. The van der Waals surface area contributed by atoms with Gasteiger partial charge in [0.2, 0.25) is 0 Å². The van der Waals surface area contributed by atoms with Crippen molar-refractivity contribution in [1.29, 1.82) is 0 Å². The van der Waals surface area contributed by atoms with E-state index < -0.39 is 0 Å². The molecule has 0 aliphatic heterocycles. The van der Waals surface area contributed by atoms with E-state index in [0.29, 0.717) is 18.7 Å². The second-order valence-corrected chi connectivity index (χ2v) is 4.03. The first-order chi connectivity index (χ1) is 8.27. The minimum Gasteiger partial charge on any atom is -0.469 e. The number of halogens is 1. The summed E-state index contributed by atoms with van der Waals surface area (Å²) in [5, 5.41) is 0. The van der Waals surface area contributed by atoms with Crippen molar-refractivity contribution in [2.24, 2.45) is 0 Å². The molecule has 0 saturated carbocycles. The van der Waals surface area contributed by atoms with Gasteiger partial charge in [0.25, 0.3) is 0 Å². The smallest absolute Gasteiger partial charge is 0.305 e. The molecular formula is C14H17ClO2.